The van der Waals surface area contributed by atoms with E-state index in [0.717, 1.165) is 17.1 Å². The molecule has 0 amide bonds. The molecule has 0 unspecified atom stereocenters. The van der Waals surface area contributed by atoms with Crippen LogP contribution < -0.4 is 5.32 Å². The molecule has 0 atom stereocenters. The molecule has 3 nitrogen and oxygen atoms in total. The van der Waals surface area contributed by atoms with Gasteiger partial charge in [0.05, 0.1) is 5.69 Å². The third kappa shape index (κ3) is 3.04. The third-order valence-corrected chi connectivity index (χ3v) is 2.60. The zero-order chi connectivity index (χ0) is 12.1. The van der Waals surface area contributed by atoms with Crippen LogP contribution in [0.5, 0.6) is 0 Å². The monoisotopic (exact) mass is 245 g/mol. The fourth-order valence-corrected chi connectivity index (χ4v) is 1.64. The van der Waals surface area contributed by atoms with Crippen molar-refractivity contribution in [2.75, 3.05) is 12.4 Å². The van der Waals surface area contributed by atoms with Crippen molar-refractivity contribution in [1.29, 1.82) is 0 Å². The zero-order valence-electron chi connectivity index (χ0n) is 9.39. The normalized spacial score (nSPS) is 11.3. The minimum absolute atomic E-state index is 0.659. The summed E-state index contributed by atoms with van der Waals surface area (Å²) in [4.78, 5) is 8.18. The summed E-state index contributed by atoms with van der Waals surface area (Å²) in [6.45, 7) is 0. The van der Waals surface area contributed by atoms with Crippen molar-refractivity contribution in [2.24, 2.45) is 0 Å². The van der Waals surface area contributed by atoms with Crippen molar-refractivity contribution in [3.8, 4) is 0 Å². The lowest BCUT2D eigenvalue weighted by Gasteiger charge is -2.01. The van der Waals surface area contributed by atoms with E-state index in [1.165, 1.54) is 6.33 Å². The summed E-state index contributed by atoms with van der Waals surface area (Å²) in [7, 11) is 1.81. The highest BCUT2D eigenvalue weighted by atomic mass is 35.5. The molecule has 0 aliphatic rings. The van der Waals surface area contributed by atoms with Gasteiger partial charge in [-0.2, -0.15) is 0 Å². The molecule has 4 heteroatoms. The number of hydrogen-bond acceptors (Lipinski definition) is 3. The van der Waals surface area contributed by atoms with Crippen LogP contribution in [0.25, 0.3) is 11.1 Å². The molecule has 0 fully saturated rings. The summed E-state index contributed by atoms with van der Waals surface area (Å²) in [6, 6.07) is 11.6. The molecule has 0 aliphatic carbocycles. The van der Waals surface area contributed by atoms with E-state index >= 15 is 0 Å². The minimum Gasteiger partial charge on any atom is -0.373 e. The lowest BCUT2D eigenvalue weighted by molar-refractivity contribution is 1.14. The Balaban J connectivity index is 2.29. The second-order valence-electron chi connectivity index (χ2n) is 3.44. The number of nitrogens with zero attached hydrogens (tertiary/aromatic N) is 2. The fourth-order valence-electron chi connectivity index (χ4n) is 1.40. The van der Waals surface area contributed by atoms with Crippen LogP contribution in [0.2, 0.25) is 0 Å². The Bertz CT molecular complexity index is 523. The van der Waals surface area contributed by atoms with Crippen LogP contribution in [0, 0.1) is 0 Å². The number of halogens is 1. The zero-order valence-corrected chi connectivity index (χ0v) is 10.1. The Hall–Kier alpha value is -1.87. The smallest absolute Gasteiger partial charge is 0.129 e. The van der Waals surface area contributed by atoms with Crippen molar-refractivity contribution in [2.45, 2.75) is 0 Å². The van der Waals surface area contributed by atoms with Crippen LogP contribution >= 0.6 is 11.6 Å². The predicted molar refractivity (Wildman–Crippen MR) is 71.7 cm³/mol. The average Bonchev–Trinajstić information content (AvgIpc) is 2.40. The van der Waals surface area contributed by atoms with Gasteiger partial charge in [0.2, 0.25) is 0 Å². The van der Waals surface area contributed by atoms with Gasteiger partial charge < -0.3 is 5.32 Å². The highest BCUT2D eigenvalue weighted by Gasteiger charge is 1.99. The van der Waals surface area contributed by atoms with E-state index in [0.29, 0.717) is 5.03 Å². The first-order valence-corrected chi connectivity index (χ1v) is 5.60. The van der Waals surface area contributed by atoms with Gasteiger partial charge in [-0.1, -0.05) is 41.9 Å². The number of benzene rings is 1. The van der Waals surface area contributed by atoms with Crippen LogP contribution in [-0.4, -0.2) is 17.0 Å². The predicted octanol–water partition coefficient (Wildman–Crippen LogP) is 3.26. The van der Waals surface area contributed by atoms with Gasteiger partial charge in [-0.05, 0) is 11.6 Å². The molecule has 0 aliphatic heterocycles. The molecule has 86 valence electrons. The summed E-state index contributed by atoms with van der Waals surface area (Å²) < 4.78 is 0. The van der Waals surface area contributed by atoms with Crippen LogP contribution in [0.1, 0.15) is 11.3 Å². The van der Waals surface area contributed by atoms with Crippen molar-refractivity contribution in [1.82, 2.24) is 9.97 Å². The summed E-state index contributed by atoms with van der Waals surface area (Å²) in [6.07, 6.45) is 3.33. The average molecular weight is 246 g/mol. The lowest BCUT2D eigenvalue weighted by Crippen LogP contribution is -1.93. The second kappa shape index (κ2) is 5.46. The molecule has 2 aromatic rings. The Morgan fingerprint density at radius 2 is 2.00 bits per heavy atom. The van der Waals surface area contributed by atoms with Gasteiger partial charge in [-0.15, -0.1) is 0 Å². The van der Waals surface area contributed by atoms with Crippen LogP contribution in [-0.2, 0) is 0 Å². The summed E-state index contributed by atoms with van der Waals surface area (Å²) >= 11 is 6.22. The van der Waals surface area contributed by atoms with Crippen molar-refractivity contribution < 1.29 is 0 Å². The molecule has 2 rings (SSSR count). The maximum Gasteiger partial charge on any atom is 0.129 e. The summed E-state index contributed by atoms with van der Waals surface area (Å²) in [5.74, 6) is 0.767. The molecule has 1 aromatic heterocycles. The van der Waals surface area contributed by atoms with Crippen LogP contribution in [0.3, 0.4) is 0 Å². The van der Waals surface area contributed by atoms with Gasteiger partial charge in [0.25, 0.3) is 0 Å². The van der Waals surface area contributed by atoms with Crippen molar-refractivity contribution in [3.63, 3.8) is 0 Å². The van der Waals surface area contributed by atoms with Gasteiger partial charge >= 0.3 is 0 Å². The molecular formula is C13H12ClN3. The SMILES string of the molecule is CNc1cc(/C=C(/Cl)c2ccccc2)ncn1. The van der Waals surface area contributed by atoms with E-state index < -0.39 is 0 Å². The molecule has 1 aromatic carbocycles. The number of nitrogens with one attached hydrogen (secondary N) is 1. The van der Waals surface area contributed by atoms with E-state index in [2.05, 4.69) is 15.3 Å². The van der Waals surface area contributed by atoms with E-state index in [9.17, 15) is 0 Å². The molecule has 1 heterocycles. The molecule has 0 spiro atoms. The van der Waals surface area contributed by atoms with Crippen molar-refractivity contribution in [3.05, 3.63) is 54.0 Å². The topological polar surface area (TPSA) is 37.8 Å². The minimum atomic E-state index is 0.659. The first kappa shape index (κ1) is 11.6. The highest BCUT2D eigenvalue weighted by Crippen LogP contribution is 2.21. The molecule has 0 radical (unpaired) electrons. The molecule has 1 N–H and O–H groups in total. The maximum atomic E-state index is 6.22. The highest BCUT2D eigenvalue weighted by molar-refractivity contribution is 6.51. The summed E-state index contributed by atoms with van der Waals surface area (Å²) in [5.41, 5.74) is 1.75. The molecular weight excluding hydrogens is 234 g/mol. The fraction of sp³-hybridized carbons (Fsp3) is 0.0769. The van der Waals surface area contributed by atoms with Crippen LogP contribution in [0.15, 0.2) is 42.7 Å². The lowest BCUT2D eigenvalue weighted by atomic mass is 10.2. The van der Waals surface area contributed by atoms with E-state index in [4.69, 9.17) is 11.6 Å². The Labute approximate surface area is 105 Å². The molecule has 17 heavy (non-hydrogen) atoms. The largest absolute Gasteiger partial charge is 0.373 e. The number of hydrogen-bond donors (Lipinski definition) is 1. The van der Waals surface area contributed by atoms with Gasteiger partial charge in [0.1, 0.15) is 12.1 Å². The Morgan fingerprint density at radius 1 is 1.24 bits per heavy atom. The van der Waals surface area contributed by atoms with Gasteiger partial charge in [-0.25, -0.2) is 9.97 Å². The second-order valence-corrected chi connectivity index (χ2v) is 3.84. The van der Waals surface area contributed by atoms with Crippen LogP contribution in [0.4, 0.5) is 5.82 Å². The number of aromatic nitrogens is 2. The molecule has 0 bridgehead atoms. The van der Waals surface area contributed by atoms with E-state index in [1.807, 2.05) is 49.5 Å². The summed E-state index contributed by atoms with van der Waals surface area (Å²) in [5, 5.41) is 3.62. The molecule has 0 saturated heterocycles. The van der Waals surface area contributed by atoms with E-state index in [-0.39, 0.29) is 0 Å². The quantitative estimate of drug-likeness (QED) is 0.902. The standard InChI is InChI=1S/C13H12ClN3/c1-15-13-8-11(16-9-17-13)7-12(14)10-5-3-2-4-6-10/h2-9H,1H3,(H,15,16,17)/b12-7+. The first-order chi connectivity index (χ1) is 8.29. The van der Waals surface area contributed by atoms with Crippen molar-refractivity contribution >= 4 is 28.5 Å². The maximum absolute atomic E-state index is 6.22. The molecule has 0 saturated carbocycles. The van der Waals surface area contributed by atoms with Gasteiger partial charge in [0, 0.05) is 18.1 Å². The van der Waals surface area contributed by atoms with Gasteiger partial charge in [-0.3, -0.25) is 0 Å². The number of rotatable bonds is 3. The first-order valence-electron chi connectivity index (χ1n) is 5.22. The van der Waals surface area contributed by atoms with Gasteiger partial charge in [0.15, 0.2) is 0 Å². The number of anilines is 1. The van der Waals surface area contributed by atoms with E-state index in [1.54, 1.807) is 0 Å². The third-order valence-electron chi connectivity index (χ3n) is 2.27. The Kier molecular flexibility index (Phi) is 3.73. The Morgan fingerprint density at radius 3 is 2.71 bits per heavy atom.